The van der Waals surface area contributed by atoms with E-state index in [1.54, 1.807) is 49.6 Å². The van der Waals surface area contributed by atoms with Gasteiger partial charge in [0.05, 0.1) is 20.8 Å². The second-order valence-corrected chi connectivity index (χ2v) is 6.44. The van der Waals surface area contributed by atoms with Crippen LogP contribution in [-0.4, -0.2) is 59.2 Å². The number of rotatable bonds is 14. The molecule has 0 aliphatic carbocycles. The van der Waals surface area contributed by atoms with E-state index >= 15 is 0 Å². The fourth-order valence-corrected chi connectivity index (χ4v) is 2.63. The molecule has 0 bridgehead atoms. The van der Waals surface area contributed by atoms with E-state index in [0.717, 1.165) is 0 Å². The Kier molecular flexibility index (Phi) is 10.8. The Balaban J connectivity index is 1.82. The maximum Gasteiger partial charge on any atom is 0.252 e. The van der Waals surface area contributed by atoms with Gasteiger partial charge in [0.25, 0.3) is 5.91 Å². The standard InChI is InChI=1S/C25H27NO7/c1-5-14-31-22-12-11-21(17-23(22)29-4)30-16-13-26-25(27)24(32-15-6-2)18-33-20-9-7-19(28-3)8-10-20/h1-2,7-12,17,24H,13-16,18H2,3-4H3,(H,26,27). The lowest BCUT2D eigenvalue weighted by molar-refractivity contribution is -0.133. The van der Waals surface area contributed by atoms with Crippen LogP contribution in [-0.2, 0) is 9.53 Å². The zero-order chi connectivity index (χ0) is 23.9. The predicted molar refractivity (Wildman–Crippen MR) is 123 cm³/mol. The first-order valence-corrected chi connectivity index (χ1v) is 10.1. The van der Waals surface area contributed by atoms with E-state index in [1.807, 2.05) is 0 Å². The average molecular weight is 453 g/mol. The number of carbonyl (C=O) groups excluding carboxylic acids is 1. The molecule has 0 radical (unpaired) electrons. The fourth-order valence-electron chi connectivity index (χ4n) is 2.63. The van der Waals surface area contributed by atoms with Crippen molar-refractivity contribution < 1.29 is 33.2 Å². The quantitative estimate of drug-likeness (QED) is 0.347. The molecule has 0 aromatic heterocycles. The van der Waals surface area contributed by atoms with Gasteiger partial charge in [0, 0.05) is 6.07 Å². The molecule has 0 saturated heterocycles. The van der Waals surface area contributed by atoms with Crippen molar-refractivity contribution in [2.75, 3.05) is 47.2 Å². The molecule has 1 N–H and O–H groups in total. The van der Waals surface area contributed by atoms with Gasteiger partial charge in [-0.15, -0.1) is 12.8 Å². The Bertz CT molecular complexity index is 960. The highest BCUT2D eigenvalue weighted by Gasteiger charge is 2.20. The van der Waals surface area contributed by atoms with Crippen LogP contribution in [0, 0.1) is 24.7 Å². The van der Waals surface area contributed by atoms with E-state index in [9.17, 15) is 4.79 Å². The van der Waals surface area contributed by atoms with E-state index in [1.165, 1.54) is 7.11 Å². The molecule has 0 fully saturated rings. The molecule has 8 nitrogen and oxygen atoms in total. The van der Waals surface area contributed by atoms with Gasteiger partial charge in [-0.3, -0.25) is 4.79 Å². The molecule has 0 heterocycles. The summed E-state index contributed by atoms with van der Waals surface area (Å²) < 4.78 is 32.5. The summed E-state index contributed by atoms with van der Waals surface area (Å²) in [6.07, 6.45) is 9.58. The van der Waals surface area contributed by atoms with E-state index < -0.39 is 6.10 Å². The summed E-state index contributed by atoms with van der Waals surface area (Å²) in [6, 6.07) is 12.1. The van der Waals surface area contributed by atoms with Crippen LogP contribution < -0.4 is 29.0 Å². The van der Waals surface area contributed by atoms with Crippen LogP contribution in [0.2, 0.25) is 0 Å². The Morgan fingerprint density at radius 1 is 0.879 bits per heavy atom. The van der Waals surface area contributed by atoms with E-state index in [-0.39, 0.29) is 38.9 Å². The number of carbonyl (C=O) groups is 1. The first-order valence-electron chi connectivity index (χ1n) is 10.1. The molecule has 2 rings (SSSR count). The number of hydrogen-bond donors (Lipinski definition) is 1. The Labute approximate surface area is 194 Å². The highest BCUT2D eigenvalue weighted by atomic mass is 16.5. The fraction of sp³-hybridized carbons (Fsp3) is 0.320. The van der Waals surface area contributed by atoms with Crippen molar-refractivity contribution in [3.63, 3.8) is 0 Å². The second kappa shape index (κ2) is 14.1. The minimum absolute atomic E-state index is 0.00296. The number of terminal acetylenes is 2. The van der Waals surface area contributed by atoms with Crippen LogP contribution in [0.25, 0.3) is 0 Å². The Morgan fingerprint density at radius 3 is 2.24 bits per heavy atom. The van der Waals surface area contributed by atoms with Crippen LogP contribution in [0.15, 0.2) is 42.5 Å². The molecule has 0 saturated carbocycles. The summed E-state index contributed by atoms with van der Waals surface area (Å²) in [7, 11) is 3.10. The van der Waals surface area contributed by atoms with Crippen molar-refractivity contribution in [3.8, 4) is 53.4 Å². The van der Waals surface area contributed by atoms with Crippen LogP contribution in [0.5, 0.6) is 28.7 Å². The second-order valence-electron chi connectivity index (χ2n) is 6.44. The molecule has 0 aliphatic heterocycles. The maximum absolute atomic E-state index is 12.5. The number of ether oxygens (including phenoxy) is 6. The average Bonchev–Trinajstić information content (AvgIpc) is 2.85. The summed E-state index contributed by atoms with van der Waals surface area (Å²) in [6.45, 7) is 0.578. The molecule has 174 valence electrons. The highest BCUT2D eigenvalue weighted by Crippen LogP contribution is 2.31. The molecule has 0 aliphatic rings. The molecule has 8 heteroatoms. The molecule has 0 spiro atoms. The van der Waals surface area contributed by atoms with Gasteiger partial charge in [0.1, 0.15) is 43.7 Å². The third-order valence-corrected chi connectivity index (χ3v) is 4.24. The highest BCUT2D eigenvalue weighted by molar-refractivity contribution is 5.81. The monoisotopic (exact) mass is 453 g/mol. The van der Waals surface area contributed by atoms with Crippen molar-refractivity contribution in [2.24, 2.45) is 0 Å². The predicted octanol–water partition coefficient (Wildman–Crippen LogP) is 2.31. The van der Waals surface area contributed by atoms with Crippen LogP contribution in [0.3, 0.4) is 0 Å². The minimum Gasteiger partial charge on any atom is -0.497 e. The summed E-state index contributed by atoms with van der Waals surface area (Å²) >= 11 is 0. The number of hydrogen-bond acceptors (Lipinski definition) is 7. The molecular formula is C25H27NO7. The molecule has 2 aromatic rings. The molecule has 1 amide bonds. The van der Waals surface area contributed by atoms with Crippen molar-refractivity contribution in [2.45, 2.75) is 6.10 Å². The number of methoxy groups -OCH3 is 2. The first-order chi connectivity index (χ1) is 16.1. The van der Waals surface area contributed by atoms with Gasteiger partial charge in [0.15, 0.2) is 17.6 Å². The van der Waals surface area contributed by atoms with Gasteiger partial charge in [0.2, 0.25) is 0 Å². The summed E-state index contributed by atoms with van der Waals surface area (Å²) in [4.78, 5) is 12.5. The maximum atomic E-state index is 12.5. The van der Waals surface area contributed by atoms with Gasteiger partial charge in [-0.05, 0) is 36.4 Å². The topological polar surface area (TPSA) is 84.5 Å². The normalized spacial score (nSPS) is 10.8. The van der Waals surface area contributed by atoms with Crippen molar-refractivity contribution in [1.82, 2.24) is 5.32 Å². The largest absolute Gasteiger partial charge is 0.497 e. The number of benzene rings is 2. The lowest BCUT2D eigenvalue weighted by Gasteiger charge is -2.17. The zero-order valence-corrected chi connectivity index (χ0v) is 18.7. The SMILES string of the molecule is C#CCOc1ccc(OCCNC(=O)C(COc2ccc(OC)cc2)OCC#C)cc1OC. The summed E-state index contributed by atoms with van der Waals surface area (Å²) in [5, 5.41) is 2.75. The minimum atomic E-state index is -0.879. The number of nitrogens with one attached hydrogen (secondary N) is 1. The lowest BCUT2D eigenvalue weighted by atomic mass is 10.3. The molecule has 33 heavy (non-hydrogen) atoms. The Morgan fingerprint density at radius 2 is 1.58 bits per heavy atom. The third kappa shape index (κ3) is 8.56. The van der Waals surface area contributed by atoms with Gasteiger partial charge >= 0.3 is 0 Å². The third-order valence-electron chi connectivity index (χ3n) is 4.24. The first kappa shape index (κ1) is 25.3. The molecule has 2 aromatic carbocycles. The smallest absolute Gasteiger partial charge is 0.252 e. The summed E-state index contributed by atoms with van der Waals surface area (Å²) in [5.41, 5.74) is 0. The van der Waals surface area contributed by atoms with Crippen molar-refractivity contribution in [1.29, 1.82) is 0 Å². The van der Waals surface area contributed by atoms with Crippen LogP contribution in [0.1, 0.15) is 0 Å². The van der Waals surface area contributed by atoms with Gasteiger partial charge < -0.3 is 33.7 Å². The van der Waals surface area contributed by atoms with E-state index in [4.69, 9.17) is 41.3 Å². The number of amides is 1. The zero-order valence-electron chi connectivity index (χ0n) is 18.7. The van der Waals surface area contributed by atoms with E-state index in [0.29, 0.717) is 28.7 Å². The molecular weight excluding hydrogens is 426 g/mol. The molecule has 1 atom stereocenters. The van der Waals surface area contributed by atoms with Gasteiger partial charge in [-0.1, -0.05) is 11.8 Å². The van der Waals surface area contributed by atoms with Gasteiger partial charge in [-0.25, -0.2) is 0 Å². The summed E-state index contributed by atoms with van der Waals surface area (Å²) in [5.74, 6) is 7.22. The van der Waals surface area contributed by atoms with Crippen LogP contribution >= 0.6 is 0 Å². The van der Waals surface area contributed by atoms with Crippen molar-refractivity contribution >= 4 is 5.91 Å². The van der Waals surface area contributed by atoms with E-state index in [2.05, 4.69) is 17.2 Å². The lowest BCUT2D eigenvalue weighted by Crippen LogP contribution is -2.41. The van der Waals surface area contributed by atoms with Crippen molar-refractivity contribution in [3.05, 3.63) is 42.5 Å². The van der Waals surface area contributed by atoms with Gasteiger partial charge in [-0.2, -0.15) is 0 Å². The molecule has 1 unspecified atom stereocenters. The Hall–Kier alpha value is -4.01. The van der Waals surface area contributed by atoms with Crippen LogP contribution in [0.4, 0.5) is 0 Å².